The molecule has 0 atom stereocenters. The first-order valence-corrected chi connectivity index (χ1v) is 6.87. The van der Waals surface area contributed by atoms with Gasteiger partial charge in [0, 0.05) is 17.6 Å². The lowest BCUT2D eigenvalue weighted by molar-refractivity contribution is 0.0947. The van der Waals surface area contributed by atoms with Crippen molar-refractivity contribution in [3.05, 3.63) is 58.4 Å². The van der Waals surface area contributed by atoms with Gasteiger partial charge in [0.15, 0.2) is 11.5 Å². The van der Waals surface area contributed by atoms with E-state index in [-0.39, 0.29) is 12.1 Å². The molecule has 1 amide bonds. The van der Waals surface area contributed by atoms with Crippen molar-refractivity contribution < 1.29 is 18.7 Å². The van der Waals surface area contributed by atoms with Gasteiger partial charge in [-0.2, -0.15) is 0 Å². The van der Waals surface area contributed by atoms with Crippen LogP contribution in [0.5, 0.6) is 11.5 Å². The third-order valence-electron chi connectivity index (χ3n) is 3.11. The van der Waals surface area contributed by atoms with Crippen LogP contribution in [0, 0.1) is 5.82 Å². The standard InChI is InChI=1S/C16H15ClFNO3/c1-21-14-7-10(12(17)8-15(14)22-2)9-19-16(20)11-5-3-4-6-13(11)18/h3-8H,9H2,1-2H3,(H,19,20). The minimum Gasteiger partial charge on any atom is -0.493 e. The number of hydrogen-bond acceptors (Lipinski definition) is 3. The molecule has 0 aliphatic rings. The molecule has 0 fully saturated rings. The average Bonchev–Trinajstić information content (AvgIpc) is 2.53. The largest absolute Gasteiger partial charge is 0.493 e. The molecule has 0 bridgehead atoms. The normalized spacial score (nSPS) is 10.2. The summed E-state index contributed by atoms with van der Waals surface area (Å²) < 4.78 is 23.9. The van der Waals surface area contributed by atoms with E-state index in [1.165, 1.54) is 32.4 Å². The van der Waals surface area contributed by atoms with Gasteiger partial charge in [0.2, 0.25) is 0 Å². The van der Waals surface area contributed by atoms with Crippen molar-refractivity contribution in [1.29, 1.82) is 0 Å². The lowest BCUT2D eigenvalue weighted by atomic mass is 10.1. The van der Waals surface area contributed by atoms with E-state index < -0.39 is 11.7 Å². The Kier molecular flexibility index (Phi) is 5.22. The van der Waals surface area contributed by atoms with Crippen molar-refractivity contribution in [2.24, 2.45) is 0 Å². The Hall–Kier alpha value is -2.27. The maximum atomic E-state index is 13.5. The van der Waals surface area contributed by atoms with Gasteiger partial charge in [0.1, 0.15) is 5.82 Å². The monoisotopic (exact) mass is 323 g/mol. The Balaban J connectivity index is 2.15. The van der Waals surface area contributed by atoms with Crippen LogP contribution in [0.3, 0.4) is 0 Å². The zero-order valence-electron chi connectivity index (χ0n) is 12.2. The average molecular weight is 324 g/mol. The summed E-state index contributed by atoms with van der Waals surface area (Å²) in [6.45, 7) is 0.145. The predicted octanol–water partition coefficient (Wildman–Crippen LogP) is 3.43. The summed E-state index contributed by atoms with van der Waals surface area (Å²) in [5, 5.41) is 3.05. The van der Waals surface area contributed by atoms with Crippen molar-refractivity contribution in [3.63, 3.8) is 0 Å². The molecule has 2 rings (SSSR count). The van der Waals surface area contributed by atoms with Gasteiger partial charge in [-0.1, -0.05) is 23.7 Å². The molecule has 2 aromatic carbocycles. The number of benzene rings is 2. The molecule has 1 N–H and O–H groups in total. The molecule has 0 spiro atoms. The van der Waals surface area contributed by atoms with Crippen molar-refractivity contribution >= 4 is 17.5 Å². The van der Waals surface area contributed by atoms with Crippen LogP contribution in [0.2, 0.25) is 5.02 Å². The number of methoxy groups -OCH3 is 2. The Bertz CT molecular complexity index is 691. The lowest BCUT2D eigenvalue weighted by Crippen LogP contribution is -2.24. The van der Waals surface area contributed by atoms with E-state index in [9.17, 15) is 9.18 Å². The Labute approximate surface area is 132 Å². The molecule has 0 saturated heterocycles. The second-order valence-electron chi connectivity index (χ2n) is 4.46. The highest BCUT2D eigenvalue weighted by molar-refractivity contribution is 6.31. The summed E-state index contributed by atoms with van der Waals surface area (Å²) in [4.78, 5) is 12.0. The molecule has 2 aromatic rings. The quantitative estimate of drug-likeness (QED) is 0.917. The molecule has 0 aliphatic heterocycles. The number of halogens is 2. The maximum Gasteiger partial charge on any atom is 0.254 e. The Morgan fingerprint density at radius 3 is 2.45 bits per heavy atom. The first kappa shape index (κ1) is 16.1. The van der Waals surface area contributed by atoms with Gasteiger partial charge in [-0.25, -0.2) is 4.39 Å². The molecule has 0 aliphatic carbocycles. The molecule has 0 aromatic heterocycles. The number of amides is 1. The molecular formula is C16H15ClFNO3. The highest BCUT2D eigenvalue weighted by atomic mass is 35.5. The molecule has 0 saturated carbocycles. The minimum absolute atomic E-state index is 0.0147. The van der Waals surface area contributed by atoms with Crippen LogP contribution >= 0.6 is 11.6 Å². The highest BCUT2D eigenvalue weighted by Gasteiger charge is 2.13. The van der Waals surface area contributed by atoms with E-state index in [1.807, 2.05) is 0 Å². The van der Waals surface area contributed by atoms with Gasteiger partial charge in [0.25, 0.3) is 5.91 Å². The molecule has 22 heavy (non-hydrogen) atoms. The van der Waals surface area contributed by atoms with Crippen LogP contribution in [0.1, 0.15) is 15.9 Å². The predicted molar refractivity (Wildman–Crippen MR) is 82.1 cm³/mol. The Morgan fingerprint density at radius 2 is 1.82 bits per heavy atom. The van der Waals surface area contributed by atoms with Gasteiger partial charge in [-0.3, -0.25) is 4.79 Å². The second kappa shape index (κ2) is 7.13. The fourth-order valence-corrected chi connectivity index (χ4v) is 2.17. The number of carbonyl (C=O) groups excluding carboxylic acids is 1. The first-order valence-electron chi connectivity index (χ1n) is 6.50. The number of hydrogen-bond donors (Lipinski definition) is 1. The fraction of sp³-hybridized carbons (Fsp3) is 0.188. The van der Waals surface area contributed by atoms with Gasteiger partial charge in [0.05, 0.1) is 19.8 Å². The van der Waals surface area contributed by atoms with Crippen LogP contribution in [0.25, 0.3) is 0 Å². The zero-order valence-corrected chi connectivity index (χ0v) is 12.9. The lowest BCUT2D eigenvalue weighted by Gasteiger charge is -2.12. The van der Waals surface area contributed by atoms with Crippen LogP contribution < -0.4 is 14.8 Å². The highest BCUT2D eigenvalue weighted by Crippen LogP contribution is 2.33. The van der Waals surface area contributed by atoms with Crippen molar-refractivity contribution in [3.8, 4) is 11.5 Å². The number of ether oxygens (including phenoxy) is 2. The number of rotatable bonds is 5. The van der Waals surface area contributed by atoms with E-state index >= 15 is 0 Å². The summed E-state index contributed by atoms with van der Waals surface area (Å²) in [7, 11) is 3.02. The third kappa shape index (κ3) is 3.49. The molecule has 4 nitrogen and oxygen atoms in total. The van der Waals surface area contributed by atoms with Crippen molar-refractivity contribution in [2.75, 3.05) is 14.2 Å². The van der Waals surface area contributed by atoms with Crippen LogP contribution in [-0.2, 0) is 6.54 Å². The third-order valence-corrected chi connectivity index (χ3v) is 3.46. The van der Waals surface area contributed by atoms with Crippen LogP contribution in [0.4, 0.5) is 4.39 Å². The van der Waals surface area contributed by atoms with E-state index in [0.29, 0.717) is 22.1 Å². The molecular weight excluding hydrogens is 309 g/mol. The fourth-order valence-electron chi connectivity index (χ4n) is 1.95. The number of carbonyl (C=O) groups is 1. The van der Waals surface area contributed by atoms with Crippen molar-refractivity contribution in [1.82, 2.24) is 5.32 Å². The Morgan fingerprint density at radius 1 is 1.18 bits per heavy atom. The van der Waals surface area contributed by atoms with E-state index in [2.05, 4.69) is 5.32 Å². The molecule has 0 radical (unpaired) electrons. The molecule has 0 unspecified atom stereocenters. The van der Waals surface area contributed by atoms with Crippen LogP contribution in [-0.4, -0.2) is 20.1 Å². The van der Waals surface area contributed by atoms with E-state index in [0.717, 1.165) is 0 Å². The topological polar surface area (TPSA) is 47.6 Å². The summed E-state index contributed by atoms with van der Waals surface area (Å²) in [5.41, 5.74) is 0.628. The van der Waals surface area contributed by atoms with Crippen molar-refractivity contribution in [2.45, 2.75) is 6.54 Å². The summed E-state index contributed by atoms with van der Waals surface area (Å²) in [6, 6.07) is 9.05. The molecule has 0 heterocycles. The first-order chi connectivity index (χ1) is 10.6. The van der Waals surface area contributed by atoms with Gasteiger partial charge < -0.3 is 14.8 Å². The van der Waals surface area contributed by atoms with Crippen LogP contribution in [0.15, 0.2) is 36.4 Å². The molecule has 116 valence electrons. The molecule has 6 heteroatoms. The smallest absolute Gasteiger partial charge is 0.254 e. The van der Waals surface area contributed by atoms with Gasteiger partial charge in [-0.15, -0.1) is 0 Å². The second-order valence-corrected chi connectivity index (χ2v) is 4.87. The number of nitrogens with one attached hydrogen (secondary N) is 1. The van der Waals surface area contributed by atoms with E-state index in [4.69, 9.17) is 21.1 Å². The van der Waals surface area contributed by atoms with E-state index in [1.54, 1.807) is 18.2 Å². The summed E-state index contributed by atoms with van der Waals surface area (Å²) in [5.74, 6) is -0.0823. The maximum absolute atomic E-state index is 13.5. The van der Waals surface area contributed by atoms with Gasteiger partial charge in [-0.05, 0) is 23.8 Å². The summed E-state index contributed by atoms with van der Waals surface area (Å²) in [6.07, 6.45) is 0. The SMILES string of the molecule is COc1cc(Cl)c(CNC(=O)c2ccccc2F)cc1OC. The summed E-state index contributed by atoms with van der Waals surface area (Å²) >= 11 is 6.14. The minimum atomic E-state index is -0.571. The van der Waals surface area contributed by atoms with Gasteiger partial charge >= 0.3 is 0 Å². The zero-order chi connectivity index (χ0) is 16.1.